The molecule has 1 rings (SSSR count). The molecule has 0 fully saturated rings. The van der Waals surface area contributed by atoms with E-state index in [2.05, 4.69) is 18.6 Å². The van der Waals surface area contributed by atoms with Crippen molar-refractivity contribution in [1.82, 2.24) is 4.72 Å². The highest BCUT2D eigenvalue weighted by Crippen LogP contribution is 2.20. The van der Waals surface area contributed by atoms with Crippen molar-refractivity contribution in [3.8, 4) is 0 Å². The highest BCUT2D eigenvalue weighted by Gasteiger charge is 2.20. The molecule has 0 aliphatic heterocycles. The zero-order valence-corrected chi connectivity index (χ0v) is 12.2. The third-order valence-electron chi connectivity index (χ3n) is 3.13. The summed E-state index contributed by atoms with van der Waals surface area (Å²) < 4.78 is 26.2. The van der Waals surface area contributed by atoms with Gasteiger partial charge < -0.3 is 5.73 Å². The van der Waals surface area contributed by atoms with Crippen LogP contribution < -0.4 is 10.5 Å². The first-order chi connectivity index (χ1) is 8.77. The molecule has 106 valence electrons. The molecule has 0 aliphatic rings. The molecule has 0 radical (unpaired) electrons. The maximum absolute atomic E-state index is 12.0. The quantitative estimate of drug-likeness (QED) is 0.826. The summed E-state index contributed by atoms with van der Waals surface area (Å²) in [5.74, 6) is -0.325. The van der Waals surface area contributed by atoms with Gasteiger partial charge in [0, 0.05) is 0 Å². The van der Waals surface area contributed by atoms with Crippen LogP contribution in [0.3, 0.4) is 0 Å². The van der Waals surface area contributed by atoms with Gasteiger partial charge in [-0.1, -0.05) is 26.0 Å². The van der Waals surface area contributed by atoms with Gasteiger partial charge in [-0.15, -0.1) is 0 Å². The Morgan fingerprint density at radius 3 is 2.21 bits per heavy atom. The van der Waals surface area contributed by atoms with Crippen LogP contribution in [0.25, 0.3) is 0 Å². The van der Waals surface area contributed by atoms with E-state index in [0.29, 0.717) is 5.92 Å². The zero-order chi connectivity index (χ0) is 14.6. The molecule has 2 unspecified atom stereocenters. The fourth-order valence-electron chi connectivity index (χ4n) is 1.57. The lowest BCUT2D eigenvalue weighted by molar-refractivity contribution is -0.119. The minimum atomic E-state index is -3.70. The monoisotopic (exact) mass is 284 g/mol. The predicted molar refractivity (Wildman–Crippen MR) is 74.1 cm³/mol. The van der Waals surface area contributed by atoms with Gasteiger partial charge in [-0.3, -0.25) is 4.79 Å². The first-order valence-electron chi connectivity index (χ1n) is 6.19. The van der Waals surface area contributed by atoms with Gasteiger partial charge in [0.2, 0.25) is 15.9 Å². The summed E-state index contributed by atoms with van der Waals surface area (Å²) in [6, 6.07) is 5.73. The number of benzene rings is 1. The average Bonchev–Trinajstić information content (AvgIpc) is 2.37. The molecule has 5 nitrogen and oxygen atoms in total. The Hall–Kier alpha value is -1.40. The molecule has 1 amide bonds. The molecular formula is C13H20N2O3S. The summed E-state index contributed by atoms with van der Waals surface area (Å²) >= 11 is 0. The number of sulfonamides is 1. The molecule has 19 heavy (non-hydrogen) atoms. The molecular weight excluding hydrogens is 264 g/mol. The number of nitrogens with one attached hydrogen (secondary N) is 1. The minimum absolute atomic E-state index is 0.132. The van der Waals surface area contributed by atoms with Crippen molar-refractivity contribution in [3.63, 3.8) is 0 Å². The highest BCUT2D eigenvalue weighted by molar-refractivity contribution is 7.89. The summed E-state index contributed by atoms with van der Waals surface area (Å²) in [5, 5.41) is 0. The van der Waals surface area contributed by atoms with Crippen LogP contribution in [-0.4, -0.2) is 20.4 Å². The second-order valence-electron chi connectivity index (χ2n) is 4.62. The number of carbonyl (C=O) groups is 1. The summed E-state index contributed by atoms with van der Waals surface area (Å²) in [6.45, 7) is 5.57. The number of primary amides is 1. The molecule has 2 atom stereocenters. The Bertz CT molecular complexity index is 538. The van der Waals surface area contributed by atoms with E-state index < -0.39 is 22.0 Å². The van der Waals surface area contributed by atoms with Crippen molar-refractivity contribution in [2.24, 2.45) is 5.73 Å². The van der Waals surface area contributed by atoms with Crippen LogP contribution in [-0.2, 0) is 14.8 Å². The van der Waals surface area contributed by atoms with E-state index in [1.54, 1.807) is 12.1 Å². The van der Waals surface area contributed by atoms with Gasteiger partial charge >= 0.3 is 0 Å². The van der Waals surface area contributed by atoms with Gasteiger partial charge in [-0.05, 0) is 37.0 Å². The standard InChI is InChI=1S/C13H20N2O3S/c1-4-9(2)11-5-7-12(8-6-11)19(17,18)15-10(3)13(14)16/h5-10,15H,4H2,1-3H3,(H2,14,16). The fraction of sp³-hybridized carbons (Fsp3) is 0.462. The molecule has 0 bridgehead atoms. The van der Waals surface area contributed by atoms with Crippen molar-refractivity contribution in [2.75, 3.05) is 0 Å². The van der Waals surface area contributed by atoms with Crippen molar-refractivity contribution in [2.45, 2.75) is 44.0 Å². The van der Waals surface area contributed by atoms with Crippen LogP contribution >= 0.6 is 0 Å². The van der Waals surface area contributed by atoms with Crippen molar-refractivity contribution in [1.29, 1.82) is 0 Å². The molecule has 0 spiro atoms. The number of nitrogens with two attached hydrogens (primary N) is 1. The Morgan fingerprint density at radius 2 is 1.79 bits per heavy atom. The highest BCUT2D eigenvalue weighted by atomic mass is 32.2. The van der Waals surface area contributed by atoms with Crippen LogP contribution in [0.5, 0.6) is 0 Å². The van der Waals surface area contributed by atoms with Crippen LogP contribution in [0.1, 0.15) is 38.7 Å². The second-order valence-corrected chi connectivity index (χ2v) is 6.34. The smallest absolute Gasteiger partial charge is 0.241 e. The molecule has 1 aromatic carbocycles. The maximum Gasteiger partial charge on any atom is 0.241 e. The summed E-state index contributed by atoms with van der Waals surface area (Å²) in [4.78, 5) is 11.0. The molecule has 0 aromatic heterocycles. The minimum Gasteiger partial charge on any atom is -0.368 e. The van der Waals surface area contributed by atoms with Crippen molar-refractivity contribution < 1.29 is 13.2 Å². The zero-order valence-electron chi connectivity index (χ0n) is 11.4. The lowest BCUT2D eigenvalue weighted by Gasteiger charge is -2.13. The summed E-state index contributed by atoms with van der Waals surface area (Å²) in [6.07, 6.45) is 0.989. The Morgan fingerprint density at radius 1 is 1.26 bits per heavy atom. The van der Waals surface area contributed by atoms with Crippen molar-refractivity contribution >= 4 is 15.9 Å². The van der Waals surface area contributed by atoms with E-state index in [4.69, 9.17) is 5.73 Å². The lowest BCUT2D eigenvalue weighted by Crippen LogP contribution is -2.42. The predicted octanol–water partition coefficient (Wildman–Crippen LogP) is 1.35. The number of hydrogen-bond acceptors (Lipinski definition) is 3. The first kappa shape index (κ1) is 15.7. The van der Waals surface area contributed by atoms with Gasteiger partial charge in [0.1, 0.15) is 0 Å². The van der Waals surface area contributed by atoms with Gasteiger partial charge in [-0.25, -0.2) is 8.42 Å². The summed E-state index contributed by atoms with van der Waals surface area (Å²) in [5.41, 5.74) is 6.12. The Labute approximate surface area is 114 Å². The van der Waals surface area contributed by atoms with E-state index in [9.17, 15) is 13.2 Å². The summed E-state index contributed by atoms with van der Waals surface area (Å²) in [7, 11) is -3.70. The Kier molecular flexibility index (Phi) is 5.08. The molecule has 3 N–H and O–H groups in total. The van der Waals surface area contributed by atoms with Gasteiger partial charge in [0.15, 0.2) is 0 Å². The van der Waals surface area contributed by atoms with Gasteiger partial charge in [0.05, 0.1) is 10.9 Å². The largest absolute Gasteiger partial charge is 0.368 e. The van der Waals surface area contributed by atoms with E-state index in [1.807, 2.05) is 0 Å². The fourth-order valence-corrected chi connectivity index (χ4v) is 2.78. The average molecular weight is 284 g/mol. The van der Waals surface area contributed by atoms with Crippen LogP contribution in [0.15, 0.2) is 29.2 Å². The van der Waals surface area contributed by atoms with E-state index >= 15 is 0 Å². The molecule has 1 aromatic rings. The normalized spacial score (nSPS) is 14.9. The van der Waals surface area contributed by atoms with Gasteiger partial charge in [-0.2, -0.15) is 4.72 Å². The molecule has 0 saturated carbocycles. The van der Waals surface area contributed by atoms with Crippen LogP contribution in [0.4, 0.5) is 0 Å². The van der Waals surface area contributed by atoms with Crippen molar-refractivity contribution in [3.05, 3.63) is 29.8 Å². The number of hydrogen-bond donors (Lipinski definition) is 2. The number of carbonyl (C=O) groups excluding carboxylic acids is 1. The molecule has 0 heterocycles. The third-order valence-corrected chi connectivity index (χ3v) is 4.69. The topological polar surface area (TPSA) is 89.3 Å². The van der Waals surface area contributed by atoms with Crippen LogP contribution in [0.2, 0.25) is 0 Å². The maximum atomic E-state index is 12.0. The third kappa shape index (κ3) is 4.04. The van der Waals surface area contributed by atoms with E-state index in [1.165, 1.54) is 19.1 Å². The lowest BCUT2D eigenvalue weighted by atomic mass is 9.99. The van der Waals surface area contributed by atoms with Crippen LogP contribution in [0, 0.1) is 0 Å². The first-order valence-corrected chi connectivity index (χ1v) is 7.67. The number of rotatable bonds is 6. The Balaban J connectivity index is 2.94. The van der Waals surface area contributed by atoms with Gasteiger partial charge in [0.25, 0.3) is 0 Å². The SMILES string of the molecule is CCC(C)c1ccc(S(=O)(=O)NC(C)C(N)=O)cc1. The second kappa shape index (κ2) is 6.16. The van der Waals surface area contributed by atoms with E-state index in [0.717, 1.165) is 12.0 Å². The van der Waals surface area contributed by atoms with E-state index in [-0.39, 0.29) is 4.90 Å². The number of amides is 1. The molecule has 6 heteroatoms. The molecule has 0 saturated heterocycles. The molecule has 0 aliphatic carbocycles.